The predicted molar refractivity (Wildman–Crippen MR) is 95.1 cm³/mol. The van der Waals surface area contributed by atoms with Gasteiger partial charge in [-0.2, -0.15) is 17.5 Å². The van der Waals surface area contributed by atoms with Gasteiger partial charge in [0, 0.05) is 6.54 Å². The molecule has 9 heteroatoms. The van der Waals surface area contributed by atoms with E-state index >= 15 is 0 Å². The Labute approximate surface area is 160 Å². The molecular formula is C19H18F3NO4S. The van der Waals surface area contributed by atoms with Gasteiger partial charge < -0.3 is 4.74 Å². The van der Waals surface area contributed by atoms with Crippen LogP contribution in [-0.4, -0.2) is 32.3 Å². The van der Waals surface area contributed by atoms with Gasteiger partial charge in [-0.05, 0) is 36.6 Å². The van der Waals surface area contributed by atoms with Gasteiger partial charge in [-0.1, -0.05) is 30.3 Å². The van der Waals surface area contributed by atoms with Crippen LogP contribution in [0.5, 0.6) is 0 Å². The number of rotatable bonds is 4. The van der Waals surface area contributed by atoms with Crippen molar-refractivity contribution in [2.45, 2.75) is 30.0 Å². The summed E-state index contributed by atoms with van der Waals surface area (Å²) in [5.41, 5.74) is -1.10. The van der Waals surface area contributed by atoms with Crippen molar-refractivity contribution in [2.24, 2.45) is 0 Å². The van der Waals surface area contributed by atoms with Crippen LogP contribution in [0.2, 0.25) is 0 Å². The molecule has 1 atom stereocenters. The van der Waals surface area contributed by atoms with Crippen molar-refractivity contribution in [1.29, 1.82) is 0 Å². The Kier molecular flexibility index (Phi) is 5.49. The number of hydrogen-bond acceptors (Lipinski definition) is 4. The van der Waals surface area contributed by atoms with Crippen molar-refractivity contribution in [3.63, 3.8) is 0 Å². The number of benzene rings is 2. The summed E-state index contributed by atoms with van der Waals surface area (Å²) in [4.78, 5) is 11.7. The van der Waals surface area contributed by atoms with Crippen LogP contribution >= 0.6 is 0 Å². The lowest BCUT2D eigenvalue weighted by atomic mass is 9.99. The molecule has 2 aromatic rings. The lowest BCUT2D eigenvalue weighted by molar-refractivity contribution is -0.138. The fourth-order valence-corrected chi connectivity index (χ4v) is 5.34. The van der Waals surface area contributed by atoms with Gasteiger partial charge in [0.05, 0.1) is 29.2 Å². The van der Waals surface area contributed by atoms with Gasteiger partial charge in [0.15, 0.2) is 0 Å². The fourth-order valence-electron chi connectivity index (χ4n) is 3.48. The van der Waals surface area contributed by atoms with Crippen molar-refractivity contribution in [3.8, 4) is 0 Å². The van der Waals surface area contributed by atoms with E-state index < -0.39 is 33.8 Å². The van der Waals surface area contributed by atoms with E-state index in [-0.39, 0.29) is 29.0 Å². The molecule has 2 aromatic carbocycles. The molecule has 1 aliphatic heterocycles. The Morgan fingerprint density at radius 2 is 1.75 bits per heavy atom. The average Bonchev–Trinajstić information content (AvgIpc) is 3.17. The van der Waals surface area contributed by atoms with Crippen LogP contribution in [0.25, 0.3) is 0 Å². The third-order valence-corrected chi connectivity index (χ3v) is 6.67. The van der Waals surface area contributed by atoms with E-state index in [1.54, 1.807) is 0 Å². The minimum atomic E-state index is -4.60. The zero-order valence-electron chi connectivity index (χ0n) is 14.9. The Hall–Kier alpha value is -2.39. The molecule has 5 nitrogen and oxygen atoms in total. The molecule has 28 heavy (non-hydrogen) atoms. The summed E-state index contributed by atoms with van der Waals surface area (Å²) in [6, 6.07) is 9.52. The van der Waals surface area contributed by atoms with Gasteiger partial charge in [0.2, 0.25) is 10.0 Å². The molecule has 0 spiro atoms. The Balaban J connectivity index is 2.09. The van der Waals surface area contributed by atoms with Crippen molar-refractivity contribution >= 4 is 16.0 Å². The monoisotopic (exact) mass is 413 g/mol. The van der Waals surface area contributed by atoms with E-state index in [1.807, 2.05) is 0 Å². The highest BCUT2D eigenvalue weighted by molar-refractivity contribution is 7.89. The highest BCUT2D eigenvalue weighted by Crippen LogP contribution is 2.42. The van der Waals surface area contributed by atoms with Gasteiger partial charge >= 0.3 is 12.1 Å². The zero-order valence-corrected chi connectivity index (χ0v) is 15.8. The van der Waals surface area contributed by atoms with Gasteiger partial charge in [0.25, 0.3) is 0 Å². The van der Waals surface area contributed by atoms with Crippen LogP contribution in [0.3, 0.4) is 0 Å². The second-order valence-electron chi connectivity index (χ2n) is 6.35. The quantitative estimate of drug-likeness (QED) is 0.711. The number of hydrogen-bond donors (Lipinski definition) is 0. The molecule has 1 unspecified atom stereocenters. The Morgan fingerprint density at radius 1 is 1.11 bits per heavy atom. The molecule has 150 valence electrons. The number of nitrogens with zero attached hydrogens (tertiary/aromatic N) is 1. The van der Waals surface area contributed by atoms with E-state index in [1.165, 1.54) is 42.5 Å². The SMILES string of the molecule is COC(=O)c1ccccc1S(=O)(=O)N1CCCC1c1ccccc1C(F)(F)F. The van der Waals surface area contributed by atoms with Crippen molar-refractivity contribution in [1.82, 2.24) is 4.31 Å². The van der Waals surface area contributed by atoms with Crippen molar-refractivity contribution < 1.29 is 31.1 Å². The summed E-state index contributed by atoms with van der Waals surface area (Å²) in [6.45, 7) is 0.0642. The number of ether oxygens (including phenoxy) is 1. The first-order valence-corrected chi connectivity index (χ1v) is 9.97. The molecule has 1 aliphatic rings. The van der Waals surface area contributed by atoms with Gasteiger partial charge in [-0.25, -0.2) is 13.2 Å². The van der Waals surface area contributed by atoms with E-state index in [0.717, 1.165) is 17.5 Å². The van der Waals surface area contributed by atoms with Gasteiger partial charge in [-0.15, -0.1) is 0 Å². The Bertz CT molecular complexity index is 989. The number of alkyl halides is 3. The molecule has 1 fully saturated rings. The summed E-state index contributed by atoms with van der Waals surface area (Å²) in [5, 5.41) is 0. The molecule has 0 N–H and O–H groups in total. The molecule has 0 saturated carbocycles. The summed E-state index contributed by atoms with van der Waals surface area (Å²) in [5.74, 6) is -0.828. The largest absolute Gasteiger partial charge is 0.465 e. The van der Waals surface area contributed by atoms with E-state index in [0.29, 0.717) is 6.42 Å². The van der Waals surface area contributed by atoms with Crippen LogP contribution in [0.1, 0.15) is 40.4 Å². The molecule has 0 amide bonds. The van der Waals surface area contributed by atoms with Crippen LogP contribution in [0.4, 0.5) is 13.2 Å². The third kappa shape index (κ3) is 3.64. The summed E-state index contributed by atoms with van der Waals surface area (Å²) < 4.78 is 72.5. The average molecular weight is 413 g/mol. The van der Waals surface area contributed by atoms with Crippen LogP contribution in [0.15, 0.2) is 53.4 Å². The first-order chi connectivity index (χ1) is 13.2. The molecule has 0 aliphatic carbocycles. The van der Waals surface area contributed by atoms with Crippen LogP contribution in [-0.2, 0) is 20.9 Å². The molecule has 3 rings (SSSR count). The van der Waals surface area contributed by atoms with Crippen molar-refractivity contribution in [2.75, 3.05) is 13.7 Å². The second-order valence-corrected chi connectivity index (χ2v) is 8.21. The molecule has 0 aromatic heterocycles. The smallest absolute Gasteiger partial charge is 0.416 e. The predicted octanol–water partition coefficient (Wildman–Crippen LogP) is 4.02. The van der Waals surface area contributed by atoms with Crippen molar-refractivity contribution in [3.05, 3.63) is 65.2 Å². The number of halogens is 3. The number of carbonyl (C=O) groups is 1. The minimum absolute atomic E-state index is 0.0642. The lowest BCUT2D eigenvalue weighted by Crippen LogP contribution is -2.32. The topological polar surface area (TPSA) is 63.7 Å². The summed E-state index contributed by atoms with van der Waals surface area (Å²) in [6.07, 6.45) is -3.93. The Morgan fingerprint density at radius 3 is 2.43 bits per heavy atom. The minimum Gasteiger partial charge on any atom is -0.465 e. The summed E-state index contributed by atoms with van der Waals surface area (Å²) >= 11 is 0. The van der Waals surface area contributed by atoms with E-state index in [2.05, 4.69) is 4.74 Å². The third-order valence-electron chi connectivity index (χ3n) is 4.71. The number of methoxy groups -OCH3 is 1. The number of esters is 1. The standard InChI is InChI=1S/C19H18F3NO4S/c1-27-18(24)14-8-3-5-11-17(14)28(25,26)23-12-6-10-16(23)13-7-2-4-9-15(13)19(20,21)22/h2-5,7-9,11,16H,6,10,12H2,1H3. The zero-order chi connectivity index (χ0) is 20.5. The molecule has 1 saturated heterocycles. The maximum absolute atomic E-state index is 13.4. The maximum atomic E-state index is 13.4. The van der Waals surface area contributed by atoms with E-state index in [4.69, 9.17) is 0 Å². The highest BCUT2D eigenvalue weighted by Gasteiger charge is 2.42. The van der Waals surface area contributed by atoms with Gasteiger partial charge in [-0.3, -0.25) is 0 Å². The highest BCUT2D eigenvalue weighted by atomic mass is 32.2. The fraction of sp³-hybridized carbons (Fsp3) is 0.316. The number of carbonyl (C=O) groups excluding carboxylic acids is 1. The molecule has 0 bridgehead atoms. The van der Waals surface area contributed by atoms with E-state index in [9.17, 15) is 26.4 Å². The number of sulfonamides is 1. The second kappa shape index (κ2) is 7.56. The first kappa shape index (κ1) is 20.3. The summed E-state index contributed by atoms with van der Waals surface area (Å²) in [7, 11) is -3.09. The lowest BCUT2D eigenvalue weighted by Gasteiger charge is -2.27. The van der Waals surface area contributed by atoms with Crippen LogP contribution in [0, 0.1) is 0 Å². The first-order valence-electron chi connectivity index (χ1n) is 8.53. The van der Waals surface area contributed by atoms with Crippen LogP contribution < -0.4 is 0 Å². The molecule has 1 heterocycles. The van der Waals surface area contributed by atoms with Gasteiger partial charge in [0.1, 0.15) is 0 Å². The normalized spacial score (nSPS) is 18.2. The maximum Gasteiger partial charge on any atom is 0.416 e. The molecular weight excluding hydrogens is 395 g/mol. The molecule has 0 radical (unpaired) electrons.